The van der Waals surface area contributed by atoms with E-state index >= 15 is 0 Å². The number of aromatic nitrogens is 4. The van der Waals surface area contributed by atoms with Crippen LogP contribution in [0.1, 0.15) is 49.2 Å². The number of ketones is 1. The smallest absolute Gasteiger partial charge is 0.266 e. The fourth-order valence-corrected chi connectivity index (χ4v) is 3.67. The second-order valence-corrected chi connectivity index (χ2v) is 9.02. The first-order valence-corrected chi connectivity index (χ1v) is 10.1. The minimum atomic E-state index is -2.76. The Morgan fingerprint density at radius 2 is 1.97 bits per heavy atom. The molecule has 158 valence electrons. The third kappa shape index (κ3) is 4.01. The molecule has 0 radical (unpaired) electrons. The number of fused-ring (bicyclic) bond motifs is 1. The summed E-state index contributed by atoms with van der Waals surface area (Å²) in [4.78, 5) is 30.9. The zero-order chi connectivity index (χ0) is 21.7. The Balaban J connectivity index is 1.74. The minimum Gasteiger partial charge on any atom is -0.348 e. The number of nitrogens with one attached hydrogen (secondary N) is 1. The second-order valence-electron chi connectivity index (χ2n) is 8.61. The van der Waals surface area contributed by atoms with Gasteiger partial charge in [-0.3, -0.25) is 4.79 Å². The van der Waals surface area contributed by atoms with E-state index in [1.807, 2.05) is 20.8 Å². The van der Waals surface area contributed by atoms with Gasteiger partial charge in [-0.1, -0.05) is 44.5 Å². The van der Waals surface area contributed by atoms with Crippen LogP contribution < -0.4 is 4.90 Å². The average Bonchev–Trinajstić information content (AvgIpc) is 3.22. The molecule has 1 aromatic carbocycles. The molecule has 9 heteroatoms. The van der Waals surface area contributed by atoms with E-state index < -0.39 is 17.9 Å². The van der Waals surface area contributed by atoms with Crippen molar-refractivity contribution in [1.82, 2.24) is 19.9 Å². The number of halogens is 3. The molecule has 1 fully saturated rings. The Kier molecular flexibility index (Phi) is 5.00. The van der Waals surface area contributed by atoms with E-state index in [4.69, 9.17) is 11.6 Å². The summed E-state index contributed by atoms with van der Waals surface area (Å²) in [5.41, 5.74) is 0.836. The molecule has 0 unspecified atom stereocenters. The molecular formula is C21H22ClF2N5O. The molecule has 1 saturated heterocycles. The molecule has 3 aromatic rings. The van der Waals surface area contributed by atoms with Crippen LogP contribution in [0.5, 0.6) is 0 Å². The molecular weight excluding hydrogens is 412 g/mol. The van der Waals surface area contributed by atoms with Gasteiger partial charge in [-0.2, -0.15) is 0 Å². The first kappa shape index (κ1) is 20.7. The lowest BCUT2D eigenvalue weighted by Gasteiger charge is -2.22. The number of hydrogen-bond acceptors (Lipinski definition) is 5. The number of imidazole rings is 1. The standard InChI is InChI=1S/C21H22ClF2N5O/c1-20(2,3)19-27-17-16(18(28-19)29-9-8-21(23,24)11-29)25-15(26-17)10-14(30)12-6-4-5-7-13(12)22/h4-7H,8-11H2,1-3H3,(H,25,26,27,28). The Morgan fingerprint density at radius 1 is 1.23 bits per heavy atom. The molecule has 4 rings (SSSR count). The van der Waals surface area contributed by atoms with Gasteiger partial charge in [0, 0.05) is 23.9 Å². The van der Waals surface area contributed by atoms with Crippen molar-refractivity contribution < 1.29 is 13.6 Å². The van der Waals surface area contributed by atoms with Crippen LogP contribution in [0.2, 0.25) is 5.02 Å². The number of alkyl halides is 2. The van der Waals surface area contributed by atoms with Gasteiger partial charge in [0.15, 0.2) is 17.2 Å². The maximum absolute atomic E-state index is 13.8. The van der Waals surface area contributed by atoms with E-state index in [2.05, 4.69) is 19.9 Å². The van der Waals surface area contributed by atoms with E-state index in [0.717, 1.165) is 0 Å². The largest absolute Gasteiger partial charge is 0.348 e. The molecule has 0 atom stereocenters. The van der Waals surface area contributed by atoms with E-state index in [1.165, 1.54) is 0 Å². The highest BCUT2D eigenvalue weighted by atomic mass is 35.5. The number of carbonyl (C=O) groups excluding carboxylic acids is 1. The summed E-state index contributed by atoms with van der Waals surface area (Å²) in [7, 11) is 0. The highest BCUT2D eigenvalue weighted by molar-refractivity contribution is 6.34. The topological polar surface area (TPSA) is 74.8 Å². The third-order valence-electron chi connectivity index (χ3n) is 5.02. The molecule has 1 aliphatic rings. The predicted octanol–water partition coefficient (Wildman–Crippen LogP) is 4.57. The fourth-order valence-electron chi connectivity index (χ4n) is 3.43. The van der Waals surface area contributed by atoms with Crippen LogP contribution in [0.4, 0.5) is 14.6 Å². The van der Waals surface area contributed by atoms with Crippen molar-refractivity contribution in [2.24, 2.45) is 0 Å². The number of Topliss-reactive ketones (excluding diaryl/α,β-unsaturated/α-hetero) is 1. The van der Waals surface area contributed by atoms with Gasteiger partial charge >= 0.3 is 0 Å². The van der Waals surface area contributed by atoms with Crippen molar-refractivity contribution >= 4 is 34.4 Å². The van der Waals surface area contributed by atoms with Gasteiger partial charge in [0.05, 0.1) is 18.0 Å². The number of benzene rings is 1. The zero-order valence-electron chi connectivity index (χ0n) is 17.0. The van der Waals surface area contributed by atoms with Crippen molar-refractivity contribution in [1.29, 1.82) is 0 Å². The number of anilines is 1. The first-order chi connectivity index (χ1) is 14.0. The Labute approximate surface area is 177 Å². The van der Waals surface area contributed by atoms with Crippen LogP contribution in [0.3, 0.4) is 0 Å². The molecule has 2 aromatic heterocycles. The van der Waals surface area contributed by atoms with Crippen LogP contribution in [0.15, 0.2) is 24.3 Å². The van der Waals surface area contributed by atoms with Gasteiger partial charge in [-0.05, 0) is 12.1 Å². The molecule has 0 bridgehead atoms. The molecule has 0 saturated carbocycles. The van der Waals surface area contributed by atoms with E-state index in [9.17, 15) is 13.6 Å². The van der Waals surface area contributed by atoms with Crippen LogP contribution in [-0.2, 0) is 11.8 Å². The lowest BCUT2D eigenvalue weighted by Crippen LogP contribution is -2.27. The van der Waals surface area contributed by atoms with Gasteiger partial charge < -0.3 is 9.88 Å². The quantitative estimate of drug-likeness (QED) is 0.610. The van der Waals surface area contributed by atoms with Gasteiger partial charge in [0.1, 0.15) is 17.2 Å². The number of hydrogen-bond donors (Lipinski definition) is 1. The average molecular weight is 434 g/mol. The van der Waals surface area contributed by atoms with Crippen molar-refractivity contribution in [2.75, 3.05) is 18.0 Å². The number of nitrogens with zero attached hydrogens (tertiary/aromatic N) is 4. The van der Waals surface area contributed by atoms with Gasteiger partial charge in [0.2, 0.25) is 0 Å². The van der Waals surface area contributed by atoms with Crippen molar-refractivity contribution in [2.45, 2.75) is 45.0 Å². The molecule has 1 aliphatic heterocycles. The van der Waals surface area contributed by atoms with Gasteiger partial charge in [-0.15, -0.1) is 0 Å². The van der Waals surface area contributed by atoms with Crippen LogP contribution in [-0.4, -0.2) is 44.7 Å². The highest BCUT2D eigenvalue weighted by Gasteiger charge is 2.40. The number of H-pyrrole nitrogens is 1. The second kappa shape index (κ2) is 7.27. The number of rotatable bonds is 4. The van der Waals surface area contributed by atoms with E-state index in [0.29, 0.717) is 39.2 Å². The summed E-state index contributed by atoms with van der Waals surface area (Å²) < 4.78 is 27.7. The van der Waals surface area contributed by atoms with Crippen molar-refractivity contribution in [3.05, 3.63) is 46.5 Å². The molecule has 30 heavy (non-hydrogen) atoms. The number of aromatic amines is 1. The zero-order valence-corrected chi connectivity index (χ0v) is 17.7. The Morgan fingerprint density at radius 3 is 2.60 bits per heavy atom. The highest BCUT2D eigenvalue weighted by Crippen LogP contribution is 2.34. The lowest BCUT2D eigenvalue weighted by atomic mass is 9.96. The van der Waals surface area contributed by atoms with Crippen molar-refractivity contribution in [3.8, 4) is 0 Å². The van der Waals surface area contributed by atoms with Gasteiger partial charge in [-0.25, -0.2) is 23.7 Å². The van der Waals surface area contributed by atoms with Crippen LogP contribution >= 0.6 is 11.6 Å². The summed E-state index contributed by atoms with van der Waals surface area (Å²) in [6.45, 7) is 5.63. The van der Waals surface area contributed by atoms with E-state index in [1.54, 1.807) is 29.2 Å². The molecule has 0 aliphatic carbocycles. The fraction of sp³-hybridized carbons (Fsp3) is 0.429. The molecule has 0 spiro atoms. The molecule has 3 heterocycles. The first-order valence-electron chi connectivity index (χ1n) is 9.71. The Bertz CT molecular complexity index is 1120. The summed E-state index contributed by atoms with van der Waals surface area (Å²) in [6.07, 6.45) is -0.240. The van der Waals surface area contributed by atoms with Crippen LogP contribution in [0.25, 0.3) is 11.2 Å². The lowest BCUT2D eigenvalue weighted by molar-refractivity contribution is 0.0257. The summed E-state index contributed by atoms with van der Waals surface area (Å²) in [5, 5.41) is 0.369. The SMILES string of the molecule is CC(C)(C)c1nc(N2CCC(F)(F)C2)c2[nH]c(CC(=O)c3ccccc3Cl)nc2n1. The summed E-state index contributed by atoms with van der Waals surface area (Å²) in [5.74, 6) is -1.66. The number of carbonyl (C=O) groups is 1. The summed E-state index contributed by atoms with van der Waals surface area (Å²) in [6, 6.07) is 6.80. The predicted molar refractivity (Wildman–Crippen MR) is 112 cm³/mol. The minimum absolute atomic E-state index is 0.0133. The maximum Gasteiger partial charge on any atom is 0.266 e. The maximum atomic E-state index is 13.8. The molecule has 0 amide bonds. The summed E-state index contributed by atoms with van der Waals surface area (Å²) >= 11 is 6.12. The Hall–Kier alpha value is -2.61. The third-order valence-corrected chi connectivity index (χ3v) is 5.35. The van der Waals surface area contributed by atoms with Crippen molar-refractivity contribution in [3.63, 3.8) is 0 Å². The molecule has 1 N–H and O–H groups in total. The normalized spacial score (nSPS) is 16.4. The van der Waals surface area contributed by atoms with Gasteiger partial charge in [0.25, 0.3) is 5.92 Å². The van der Waals surface area contributed by atoms with Crippen LogP contribution in [0, 0.1) is 0 Å². The van der Waals surface area contributed by atoms with E-state index in [-0.39, 0.29) is 25.2 Å². The monoisotopic (exact) mass is 433 g/mol. The molecule has 6 nitrogen and oxygen atoms in total.